The van der Waals surface area contributed by atoms with Crippen LogP contribution in [0.3, 0.4) is 0 Å². The molecule has 1 atom stereocenters. The Morgan fingerprint density at radius 1 is 1.00 bits per heavy atom. The Hall–Kier alpha value is -2.29. The highest BCUT2D eigenvalue weighted by molar-refractivity contribution is 6.06. The summed E-state index contributed by atoms with van der Waals surface area (Å²) < 4.78 is -0.812. The van der Waals surface area contributed by atoms with Gasteiger partial charge in [-0.25, -0.2) is 24.2 Å². The molecule has 8 heteroatoms. The standard InChI is InChI=1S/C14H22N5O3/c1-4-7-17-12(20)18(8-5-2)14(22)19(9-6-3,13(17)21)11(16)10-15/h4-6,11H,1-3,7-10,15-16H2/q+1. The van der Waals surface area contributed by atoms with Gasteiger partial charge in [-0.1, -0.05) is 18.7 Å². The van der Waals surface area contributed by atoms with Gasteiger partial charge >= 0.3 is 18.1 Å². The Labute approximate surface area is 129 Å². The predicted octanol–water partition coefficient (Wildman–Crippen LogP) is 0.582. The van der Waals surface area contributed by atoms with Crippen LogP contribution in [0.1, 0.15) is 0 Å². The summed E-state index contributed by atoms with van der Waals surface area (Å²) >= 11 is 0. The summed E-state index contributed by atoms with van der Waals surface area (Å²) in [6, 6.07) is -2.18. The van der Waals surface area contributed by atoms with Crippen molar-refractivity contribution in [1.29, 1.82) is 0 Å². The number of nitrogens with two attached hydrogens (primary N) is 2. The molecule has 0 aliphatic carbocycles. The van der Waals surface area contributed by atoms with Gasteiger partial charge in [0.15, 0.2) is 6.17 Å². The van der Waals surface area contributed by atoms with Crippen LogP contribution in [0.2, 0.25) is 0 Å². The van der Waals surface area contributed by atoms with Crippen LogP contribution in [0.4, 0.5) is 14.4 Å². The van der Waals surface area contributed by atoms with Gasteiger partial charge in [-0.15, -0.1) is 17.6 Å². The number of carbonyl (C=O) groups excluding carboxylic acids is 3. The third-order valence-corrected chi connectivity index (χ3v) is 3.45. The molecule has 0 aromatic rings. The SMILES string of the molecule is C=CCN1C(=O)N(CC=C)C(=O)[N+](CC=C)(C(N)CN)C1=O. The highest BCUT2D eigenvalue weighted by atomic mass is 16.2. The topological polar surface area (TPSA) is 110 Å². The summed E-state index contributed by atoms with van der Waals surface area (Å²) in [4.78, 5) is 39.7. The van der Waals surface area contributed by atoms with E-state index in [2.05, 4.69) is 19.7 Å². The van der Waals surface area contributed by atoms with E-state index in [4.69, 9.17) is 11.5 Å². The monoisotopic (exact) mass is 308 g/mol. The third-order valence-electron chi connectivity index (χ3n) is 3.45. The molecular formula is C14H22N5O3+. The minimum absolute atomic E-state index is 0.0347. The lowest BCUT2D eigenvalue weighted by atomic mass is 10.2. The zero-order chi connectivity index (χ0) is 16.9. The lowest BCUT2D eigenvalue weighted by Crippen LogP contribution is -2.78. The first-order valence-corrected chi connectivity index (χ1v) is 6.76. The summed E-state index contributed by atoms with van der Waals surface area (Å²) in [5.74, 6) is 0. The molecule has 1 fully saturated rings. The molecule has 120 valence electrons. The van der Waals surface area contributed by atoms with E-state index in [1.54, 1.807) is 0 Å². The Kier molecular flexibility index (Phi) is 5.75. The van der Waals surface area contributed by atoms with Crippen molar-refractivity contribution < 1.29 is 18.9 Å². The molecule has 8 nitrogen and oxygen atoms in total. The number of rotatable bonds is 8. The van der Waals surface area contributed by atoms with Gasteiger partial charge in [-0.05, 0) is 6.08 Å². The van der Waals surface area contributed by atoms with Crippen molar-refractivity contribution in [1.82, 2.24) is 9.80 Å². The lowest BCUT2D eigenvalue weighted by molar-refractivity contribution is -0.797. The molecule has 0 aromatic heterocycles. The molecule has 1 unspecified atom stereocenters. The maximum atomic E-state index is 12.8. The number of urea groups is 3. The van der Waals surface area contributed by atoms with Crippen LogP contribution < -0.4 is 11.5 Å². The molecule has 0 aromatic carbocycles. The van der Waals surface area contributed by atoms with E-state index in [-0.39, 0.29) is 26.2 Å². The second-order valence-electron chi connectivity index (χ2n) is 4.79. The second-order valence-corrected chi connectivity index (χ2v) is 4.79. The second kappa shape index (κ2) is 7.12. The number of amides is 6. The minimum atomic E-state index is -0.995. The van der Waals surface area contributed by atoms with Crippen LogP contribution in [0.5, 0.6) is 0 Å². The maximum absolute atomic E-state index is 12.8. The Morgan fingerprint density at radius 2 is 1.45 bits per heavy atom. The molecule has 1 heterocycles. The molecule has 1 rings (SSSR count). The molecule has 1 aliphatic heterocycles. The first kappa shape index (κ1) is 17.8. The largest absolute Gasteiger partial charge is 0.438 e. The van der Waals surface area contributed by atoms with E-state index in [1.165, 1.54) is 18.2 Å². The molecule has 0 radical (unpaired) electrons. The van der Waals surface area contributed by atoms with Crippen molar-refractivity contribution in [3.8, 4) is 0 Å². The van der Waals surface area contributed by atoms with Gasteiger partial charge in [0.05, 0.1) is 19.6 Å². The first-order chi connectivity index (χ1) is 10.4. The molecule has 0 bridgehead atoms. The van der Waals surface area contributed by atoms with E-state index in [1.807, 2.05) is 0 Å². The van der Waals surface area contributed by atoms with Gasteiger partial charge in [0.1, 0.15) is 6.54 Å². The fourth-order valence-electron chi connectivity index (χ4n) is 2.35. The van der Waals surface area contributed by atoms with Crippen molar-refractivity contribution in [3.05, 3.63) is 38.0 Å². The van der Waals surface area contributed by atoms with Crippen molar-refractivity contribution in [3.63, 3.8) is 0 Å². The number of imide groups is 3. The molecule has 0 saturated carbocycles. The molecule has 6 amide bonds. The van der Waals surface area contributed by atoms with Crippen LogP contribution in [-0.4, -0.2) is 64.7 Å². The van der Waals surface area contributed by atoms with E-state index < -0.39 is 28.7 Å². The van der Waals surface area contributed by atoms with Crippen molar-refractivity contribution >= 4 is 18.1 Å². The van der Waals surface area contributed by atoms with E-state index in [9.17, 15) is 14.4 Å². The molecule has 22 heavy (non-hydrogen) atoms. The highest BCUT2D eigenvalue weighted by Gasteiger charge is 2.60. The molecule has 4 N–H and O–H groups in total. The zero-order valence-corrected chi connectivity index (χ0v) is 12.5. The average Bonchev–Trinajstić information content (AvgIpc) is 2.51. The van der Waals surface area contributed by atoms with Gasteiger partial charge in [-0.3, -0.25) is 5.73 Å². The zero-order valence-electron chi connectivity index (χ0n) is 12.5. The first-order valence-electron chi connectivity index (χ1n) is 6.76. The van der Waals surface area contributed by atoms with Crippen LogP contribution >= 0.6 is 0 Å². The Balaban J connectivity index is 3.49. The van der Waals surface area contributed by atoms with Gasteiger partial charge in [0, 0.05) is 0 Å². The van der Waals surface area contributed by atoms with E-state index in [0.29, 0.717) is 0 Å². The van der Waals surface area contributed by atoms with Crippen LogP contribution in [0.25, 0.3) is 0 Å². The molecule has 1 aliphatic rings. The average molecular weight is 308 g/mol. The number of hydrogen-bond acceptors (Lipinski definition) is 5. The molecule has 1 saturated heterocycles. The van der Waals surface area contributed by atoms with Gasteiger partial charge in [0.25, 0.3) is 0 Å². The summed E-state index contributed by atoms with van der Waals surface area (Å²) in [6.07, 6.45) is 3.20. The number of hydrogen-bond donors (Lipinski definition) is 2. The minimum Gasteiger partial charge on any atom is -0.324 e. The summed E-state index contributed by atoms with van der Waals surface area (Å²) in [7, 11) is 0. The van der Waals surface area contributed by atoms with Crippen molar-refractivity contribution in [2.24, 2.45) is 11.5 Å². The van der Waals surface area contributed by atoms with Crippen molar-refractivity contribution in [2.75, 3.05) is 26.2 Å². The van der Waals surface area contributed by atoms with Gasteiger partial charge < -0.3 is 5.73 Å². The Bertz CT molecular complexity index is 485. The smallest absolute Gasteiger partial charge is 0.324 e. The molecular weight excluding hydrogens is 286 g/mol. The quantitative estimate of drug-likeness (QED) is 0.503. The van der Waals surface area contributed by atoms with Crippen molar-refractivity contribution in [2.45, 2.75) is 6.17 Å². The lowest BCUT2D eigenvalue weighted by Gasteiger charge is -2.44. The molecule has 0 spiro atoms. The summed E-state index contributed by atoms with van der Waals surface area (Å²) in [5.41, 5.74) is 11.5. The van der Waals surface area contributed by atoms with E-state index in [0.717, 1.165) is 9.80 Å². The van der Waals surface area contributed by atoms with Crippen LogP contribution in [0, 0.1) is 0 Å². The van der Waals surface area contributed by atoms with Crippen LogP contribution in [0.15, 0.2) is 38.0 Å². The predicted molar refractivity (Wildman–Crippen MR) is 82.3 cm³/mol. The van der Waals surface area contributed by atoms with Gasteiger partial charge in [0.2, 0.25) is 0 Å². The Morgan fingerprint density at radius 3 is 1.77 bits per heavy atom. The highest BCUT2D eigenvalue weighted by Crippen LogP contribution is 2.26. The summed E-state index contributed by atoms with van der Waals surface area (Å²) in [5, 5.41) is 0. The normalized spacial score (nSPS) is 19.1. The van der Waals surface area contributed by atoms with Crippen LogP contribution in [-0.2, 0) is 0 Å². The number of nitrogens with zero attached hydrogens (tertiary/aromatic N) is 3. The number of carbonyl (C=O) groups is 3. The third kappa shape index (κ3) is 2.59. The fraction of sp³-hybridized carbons (Fsp3) is 0.357. The summed E-state index contributed by atoms with van der Waals surface area (Å²) in [6.45, 7) is 10.4. The maximum Gasteiger partial charge on any atom is 0.438 e. The van der Waals surface area contributed by atoms with E-state index >= 15 is 0 Å². The fourth-order valence-corrected chi connectivity index (χ4v) is 2.35. The van der Waals surface area contributed by atoms with Gasteiger partial charge in [-0.2, -0.15) is 0 Å². The number of quaternary nitrogens is 1.